The quantitative estimate of drug-likeness (QED) is 0.00779. The molecule has 4 aliphatic rings. The fourth-order valence-corrected chi connectivity index (χ4v) is 12.1. The van der Waals surface area contributed by atoms with Crippen LogP contribution in [0.4, 0.5) is 62.6 Å². The van der Waals surface area contributed by atoms with Gasteiger partial charge in [0.05, 0.1) is 49.2 Å². The van der Waals surface area contributed by atoms with Gasteiger partial charge in [-0.1, -0.05) is 86.6 Å². The molecule has 32 nitrogen and oxygen atoms in total. The van der Waals surface area contributed by atoms with Gasteiger partial charge in [-0.3, -0.25) is 84.8 Å². The molecule has 7 aromatic carbocycles. The average Bonchev–Trinajstić information content (AvgIpc) is 1.61. The summed E-state index contributed by atoms with van der Waals surface area (Å²) in [6.07, 6.45) is 8.81. The Hall–Kier alpha value is -11.3. The first kappa shape index (κ1) is 90.6. The first-order chi connectivity index (χ1) is 53.8. The molecule has 4 aliphatic heterocycles. The second-order valence-electron chi connectivity index (χ2n) is 24.5. The van der Waals surface area contributed by atoms with Gasteiger partial charge in [0.25, 0.3) is 46.2 Å². The third kappa shape index (κ3) is 27.5. The highest BCUT2D eigenvalue weighted by atomic mass is 79.9. The van der Waals surface area contributed by atoms with Crippen LogP contribution in [0.15, 0.2) is 186 Å². The van der Waals surface area contributed by atoms with E-state index in [0.29, 0.717) is 117 Å². The summed E-state index contributed by atoms with van der Waals surface area (Å²) in [5, 5.41) is 71.0. The average molecular weight is 1720 g/mol. The van der Waals surface area contributed by atoms with Crippen LogP contribution in [0.1, 0.15) is 109 Å². The van der Waals surface area contributed by atoms with E-state index < -0.39 is 28.9 Å². The van der Waals surface area contributed by atoms with Gasteiger partial charge in [-0.15, -0.1) is 5.10 Å². The molecule has 5 heterocycles. The van der Waals surface area contributed by atoms with Crippen molar-refractivity contribution in [1.82, 2.24) is 9.78 Å². The fraction of sp³-hybridized carbons (Fsp3) is 0.280. The number of unbranched alkanes of at least 4 members (excludes halogenated alkanes) is 1. The maximum absolute atomic E-state index is 13.4. The number of hydrazone groups is 1. The van der Waals surface area contributed by atoms with E-state index in [1.807, 2.05) is 38.1 Å². The number of ether oxygens (including phenoxy) is 1. The number of aryl methyl sites for hydroxylation is 1. The van der Waals surface area contributed by atoms with Gasteiger partial charge in [-0.25, -0.2) is 4.68 Å². The number of benzene rings is 7. The standard InChI is InChI=1S/C21H18N4O5.C11H10Cl2N2O3.C11H9ClN2O3.C11H12N2O3.C10H13ClN2O.C6H6N2O2.C5H8BrClO/c1-13(27)19-18-10-11-23(15-6-8-17(9-7-15)25(29)30)21(28)20(18)24(22-19)16-4-2-14(12-26)3-5-16;12-11(13)6-1-7-14(10(11)16)8-2-4-9(5-3-8)15(17)18;12-10-2-1-7-13(11(10)15)8-3-5-9(6-4-8)14(16)17;14-11-3-1-2-8-12(11)9-4-6-10(7-5-9)13(15)16;1-3-14-10(11)13-12-9-6-4-8(2)5-7-9;7-5-1-3-6(4-2-5)8(9)10;6-4-2-1-3-5(7)8/h2-9,26H,10-12H2,1H3;2-5H,1,6-7H2;2-6H,1,7H2;4-7H,1-3,8H2;4-7,12H,3H2,1-2H3;1-4H,7H2;1-4H2/b;;;;13-10+;;. The number of nitrogens with one attached hydrogen (secondary N) is 1. The molecule has 0 atom stereocenters. The molecule has 4 amide bonds. The number of hydrogen-bond acceptors (Lipinski definition) is 22. The molecule has 1 aromatic heterocycles. The molecule has 0 aliphatic carbocycles. The fourth-order valence-electron chi connectivity index (χ4n) is 10.8. The lowest BCUT2D eigenvalue weighted by Gasteiger charge is -2.33. The number of aliphatic hydroxyl groups excluding tert-OH is 1. The maximum atomic E-state index is 13.4. The van der Waals surface area contributed by atoms with Crippen molar-refractivity contribution < 1.29 is 63.2 Å². The second kappa shape index (κ2) is 44.6. The number of fused-ring (bicyclic) bond motifs is 1. The lowest BCUT2D eigenvalue weighted by Crippen LogP contribution is -2.47. The van der Waals surface area contributed by atoms with Crippen LogP contribution in [0.3, 0.4) is 0 Å². The van der Waals surface area contributed by atoms with Gasteiger partial charge in [-0.2, -0.15) is 5.10 Å². The van der Waals surface area contributed by atoms with E-state index in [1.54, 1.807) is 59.5 Å². The number of aliphatic hydroxyl groups is 1. The Morgan fingerprint density at radius 2 is 1.05 bits per heavy atom. The molecule has 0 unspecified atom stereocenters. The molecule has 0 spiro atoms. The number of anilines is 6. The Bertz CT molecular complexity index is 4720. The minimum Gasteiger partial charge on any atom is -0.468 e. The third-order valence-electron chi connectivity index (χ3n) is 16.5. The monoisotopic (exact) mass is 1710 g/mol. The highest BCUT2D eigenvalue weighted by Crippen LogP contribution is 2.37. The zero-order valence-corrected chi connectivity index (χ0v) is 66.2. The Labute approximate surface area is 680 Å². The van der Waals surface area contributed by atoms with Crippen LogP contribution >= 0.6 is 73.9 Å². The molecule has 4 N–H and O–H groups in total. The van der Waals surface area contributed by atoms with E-state index in [4.69, 9.17) is 68.5 Å². The number of nitro groups is 5. The molecule has 2 saturated heterocycles. The van der Waals surface area contributed by atoms with Crippen molar-refractivity contribution in [1.29, 1.82) is 0 Å². The number of piperidine rings is 2. The number of carbonyl (C=O) groups excluding carboxylic acids is 6. The summed E-state index contributed by atoms with van der Waals surface area (Å²) in [6.45, 7) is 7.78. The number of carbonyl (C=O) groups is 6. The number of Topliss-reactive ketones (excluding diaryl/α,β-unsaturated/α-hetero) is 1. The molecule has 596 valence electrons. The smallest absolute Gasteiger partial charge is 0.304 e. The molecule has 38 heteroatoms. The number of aromatic nitrogens is 2. The summed E-state index contributed by atoms with van der Waals surface area (Å²) in [5.41, 5.74) is 15.7. The summed E-state index contributed by atoms with van der Waals surface area (Å²) < 4.78 is 4.99. The largest absolute Gasteiger partial charge is 0.468 e. The van der Waals surface area contributed by atoms with Crippen molar-refractivity contribution in [2.45, 2.75) is 95.9 Å². The number of rotatable bonds is 19. The van der Waals surface area contributed by atoms with Crippen molar-refractivity contribution in [3.05, 3.63) is 260 Å². The summed E-state index contributed by atoms with van der Waals surface area (Å²) in [4.78, 5) is 127. The molecule has 2 fully saturated rings. The van der Waals surface area contributed by atoms with Crippen LogP contribution in [0.25, 0.3) is 5.69 Å². The minimum atomic E-state index is -1.40. The highest BCUT2D eigenvalue weighted by molar-refractivity contribution is 9.09. The zero-order valence-electron chi connectivity index (χ0n) is 60.9. The summed E-state index contributed by atoms with van der Waals surface area (Å²) in [6, 6.07) is 43.9. The number of alkyl halides is 3. The lowest BCUT2D eigenvalue weighted by atomic mass is 10.0. The van der Waals surface area contributed by atoms with E-state index >= 15 is 0 Å². The number of ketones is 1. The summed E-state index contributed by atoms with van der Waals surface area (Å²) >= 11 is 31.5. The van der Waals surface area contributed by atoms with Gasteiger partial charge in [0, 0.05) is 146 Å². The predicted molar refractivity (Wildman–Crippen MR) is 436 cm³/mol. The maximum Gasteiger partial charge on any atom is 0.304 e. The SMILES string of the molecule is CC(=O)c1nn(-c2ccc(CO)cc2)c2c1CCN(c1ccc([N+](=O)[O-])cc1)C2=O.CCO/C(Cl)=N/Nc1ccc(C)cc1.Nc1ccc([N+](=O)[O-])cc1.O=C(Cl)CCCCBr.O=C1C(Cl)=CCCN1c1ccc([N+](=O)[O-])cc1.O=C1CCCCN1c1ccc([N+](=O)[O-])cc1.O=C1N(c2ccc([N+](=O)[O-])cc2)CCCC1(Cl)Cl. The highest BCUT2D eigenvalue weighted by Gasteiger charge is 2.41. The van der Waals surface area contributed by atoms with E-state index in [1.165, 1.54) is 129 Å². The van der Waals surface area contributed by atoms with Crippen LogP contribution < -0.4 is 30.8 Å². The van der Waals surface area contributed by atoms with Crippen molar-refractivity contribution in [2.24, 2.45) is 5.10 Å². The first-order valence-electron chi connectivity index (χ1n) is 34.5. The van der Waals surface area contributed by atoms with E-state index in [2.05, 4.69) is 31.6 Å². The van der Waals surface area contributed by atoms with Gasteiger partial charge in [0.2, 0.25) is 11.1 Å². The first-order valence-corrected chi connectivity index (χ1v) is 37.5. The van der Waals surface area contributed by atoms with Gasteiger partial charge in [0.15, 0.2) is 10.1 Å². The summed E-state index contributed by atoms with van der Waals surface area (Å²) in [5.74, 6) is -1.12. The van der Waals surface area contributed by atoms with E-state index in [0.717, 1.165) is 42.4 Å². The predicted octanol–water partition coefficient (Wildman–Crippen LogP) is 16.6. The number of nitrogen functional groups attached to an aromatic ring is 1. The Morgan fingerprint density at radius 1 is 0.602 bits per heavy atom. The molecular weight excluding hydrogens is 1640 g/mol. The van der Waals surface area contributed by atoms with Crippen LogP contribution in [-0.2, 0) is 36.9 Å². The van der Waals surface area contributed by atoms with Gasteiger partial charge in [0.1, 0.15) is 16.4 Å². The van der Waals surface area contributed by atoms with Crippen LogP contribution in [-0.4, -0.2) is 122 Å². The van der Waals surface area contributed by atoms with Crippen molar-refractivity contribution >= 4 is 177 Å². The number of amides is 4. The third-order valence-corrected chi connectivity index (χ3v) is 18.5. The van der Waals surface area contributed by atoms with E-state index in [-0.39, 0.29) is 85.8 Å². The second-order valence-corrected chi connectivity index (χ2v) is 27.9. The van der Waals surface area contributed by atoms with Crippen LogP contribution in [0.2, 0.25) is 0 Å². The van der Waals surface area contributed by atoms with Crippen LogP contribution in [0, 0.1) is 57.5 Å². The molecule has 12 rings (SSSR count). The zero-order chi connectivity index (χ0) is 83.1. The van der Waals surface area contributed by atoms with Gasteiger partial charge >= 0.3 is 5.36 Å². The molecule has 0 saturated carbocycles. The van der Waals surface area contributed by atoms with Crippen molar-refractivity contribution in [3.8, 4) is 5.69 Å². The van der Waals surface area contributed by atoms with Crippen molar-refractivity contribution in [2.75, 3.05) is 68.9 Å². The topological polar surface area (TPSA) is 429 Å². The number of hydrogen-bond donors (Lipinski definition) is 3. The van der Waals surface area contributed by atoms with Crippen molar-refractivity contribution in [3.63, 3.8) is 0 Å². The van der Waals surface area contributed by atoms with E-state index in [9.17, 15) is 84.4 Å². The number of nitro benzene ring substituents is 5. The van der Waals surface area contributed by atoms with Gasteiger partial charge in [-0.05, 0) is 179 Å². The molecule has 8 aromatic rings. The minimum absolute atomic E-state index is 0.000141. The number of non-ortho nitro benzene ring substituents is 5. The molecule has 113 heavy (non-hydrogen) atoms. The number of halogens is 6. The normalized spacial score (nSPS) is 14.0. The molecular formula is C75H76BrCl5N14O18. The van der Waals surface area contributed by atoms with Gasteiger partial charge < -0.3 is 35.2 Å². The summed E-state index contributed by atoms with van der Waals surface area (Å²) in [7, 11) is 0. The molecule has 0 bridgehead atoms. The Kier molecular flexibility index (Phi) is 35.8. The Morgan fingerprint density at radius 3 is 1.50 bits per heavy atom. The Balaban J connectivity index is 0.000000213. The van der Waals surface area contributed by atoms with Crippen LogP contribution in [0.5, 0.6) is 0 Å². The lowest BCUT2D eigenvalue weighted by molar-refractivity contribution is -0.385. The molecule has 0 radical (unpaired) electrons. The number of nitrogens with two attached hydrogens (primary N) is 1. The number of nitrogens with zero attached hydrogens (tertiary/aromatic N) is 12.